The van der Waals surface area contributed by atoms with Gasteiger partial charge in [0, 0.05) is 10.7 Å². The number of thioether (sulfide) groups is 1. The van der Waals surface area contributed by atoms with Crippen molar-refractivity contribution in [2.45, 2.75) is 5.16 Å². The zero-order valence-corrected chi connectivity index (χ0v) is 18.1. The minimum Gasteiger partial charge on any atom is -0.325 e. The first-order valence-corrected chi connectivity index (χ1v) is 10.6. The van der Waals surface area contributed by atoms with E-state index in [0.29, 0.717) is 42.6 Å². The number of anilines is 1. The molecule has 4 aromatic rings. The highest BCUT2D eigenvalue weighted by molar-refractivity contribution is 7.99. The van der Waals surface area contributed by atoms with Crippen molar-refractivity contribution >= 4 is 69.2 Å². The van der Waals surface area contributed by atoms with Crippen LogP contribution in [0.15, 0.2) is 58.6 Å². The number of nitrogens with zero attached hydrogens (tertiary/aromatic N) is 3. The van der Waals surface area contributed by atoms with Crippen LogP contribution in [-0.2, 0) is 4.79 Å². The molecule has 0 saturated heterocycles. The number of H-pyrrole nitrogens is 1. The normalized spacial score (nSPS) is 11.0. The van der Waals surface area contributed by atoms with Crippen LogP contribution in [0.5, 0.6) is 0 Å². The first-order chi connectivity index (χ1) is 14.4. The zero-order chi connectivity index (χ0) is 21.3. The molecular weight excluding hydrogens is 469 g/mol. The number of halogens is 3. The molecule has 2 aromatic carbocycles. The topological polar surface area (TPSA) is 92.7 Å². The van der Waals surface area contributed by atoms with E-state index in [1.807, 2.05) is 0 Å². The number of carbonyl (C=O) groups excluding carboxylic acids is 1. The number of carbonyl (C=O) groups is 1. The highest BCUT2D eigenvalue weighted by Crippen LogP contribution is 2.25. The van der Waals surface area contributed by atoms with Gasteiger partial charge in [-0.05, 0) is 36.4 Å². The highest BCUT2D eigenvalue weighted by atomic mass is 35.5. The number of aromatic amines is 1. The number of hydrogen-bond donors (Lipinski definition) is 2. The summed E-state index contributed by atoms with van der Waals surface area (Å²) >= 11 is 19.0. The Balaban J connectivity index is 1.54. The molecule has 30 heavy (non-hydrogen) atoms. The minimum atomic E-state index is -0.347. The van der Waals surface area contributed by atoms with Crippen molar-refractivity contribution in [1.29, 1.82) is 0 Å². The van der Waals surface area contributed by atoms with Crippen LogP contribution >= 0.6 is 46.6 Å². The number of aromatic nitrogens is 4. The third-order valence-corrected chi connectivity index (χ3v) is 5.86. The molecule has 0 spiro atoms. The Morgan fingerprint density at radius 1 is 1.13 bits per heavy atom. The molecule has 7 nitrogen and oxygen atoms in total. The molecule has 0 aliphatic heterocycles. The van der Waals surface area contributed by atoms with Crippen molar-refractivity contribution in [1.82, 2.24) is 19.7 Å². The van der Waals surface area contributed by atoms with E-state index in [1.165, 1.54) is 10.9 Å². The summed E-state index contributed by atoms with van der Waals surface area (Å²) in [6.07, 6.45) is 1.44. The second-order valence-electron chi connectivity index (χ2n) is 6.11. The Kier molecular flexibility index (Phi) is 6.01. The standard InChI is InChI=1S/C19H12Cl3N5O2S/c20-10-2-1-3-12(6-10)27-17-13(8-23-27)18(29)26-19(25-17)30-9-16(28)24-11-4-5-14(21)15(22)7-11/h1-8H,9H2,(H,24,28)(H,25,26,29). The summed E-state index contributed by atoms with van der Waals surface area (Å²) in [6, 6.07) is 11.8. The third-order valence-electron chi connectivity index (χ3n) is 4.01. The Morgan fingerprint density at radius 3 is 2.73 bits per heavy atom. The van der Waals surface area contributed by atoms with E-state index in [1.54, 1.807) is 42.5 Å². The lowest BCUT2D eigenvalue weighted by Gasteiger charge is -2.07. The van der Waals surface area contributed by atoms with Gasteiger partial charge < -0.3 is 10.3 Å². The van der Waals surface area contributed by atoms with E-state index >= 15 is 0 Å². The Labute approximate surface area is 189 Å². The van der Waals surface area contributed by atoms with Crippen molar-refractivity contribution in [2.24, 2.45) is 0 Å². The lowest BCUT2D eigenvalue weighted by Crippen LogP contribution is -2.15. The van der Waals surface area contributed by atoms with Gasteiger partial charge in [-0.3, -0.25) is 9.59 Å². The van der Waals surface area contributed by atoms with Crippen LogP contribution < -0.4 is 10.9 Å². The Hall–Kier alpha value is -2.52. The van der Waals surface area contributed by atoms with Gasteiger partial charge in [-0.15, -0.1) is 0 Å². The Bertz CT molecular complexity index is 1320. The van der Waals surface area contributed by atoms with Crippen LogP contribution in [-0.4, -0.2) is 31.4 Å². The summed E-state index contributed by atoms with van der Waals surface area (Å²) in [7, 11) is 0. The van der Waals surface area contributed by atoms with Crippen LogP contribution in [0.25, 0.3) is 16.7 Å². The molecule has 0 unspecified atom stereocenters. The smallest absolute Gasteiger partial charge is 0.262 e. The van der Waals surface area contributed by atoms with Crippen LogP contribution in [0, 0.1) is 0 Å². The molecule has 11 heteroatoms. The van der Waals surface area contributed by atoms with E-state index in [9.17, 15) is 9.59 Å². The van der Waals surface area contributed by atoms with E-state index in [0.717, 1.165) is 11.8 Å². The van der Waals surface area contributed by atoms with E-state index in [2.05, 4.69) is 20.4 Å². The van der Waals surface area contributed by atoms with Crippen molar-refractivity contribution in [3.63, 3.8) is 0 Å². The first kappa shape index (κ1) is 20.7. The largest absolute Gasteiger partial charge is 0.325 e. The first-order valence-electron chi connectivity index (χ1n) is 8.52. The van der Waals surface area contributed by atoms with Gasteiger partial charge in [0.15, 0.2) is 10.8 Å². The lowest BCUT2D eigenvalue weighted by atomic mass is 10.3. The van der Waals surface area contributed by atoms with Gasteiger partial charge in [0.05, 0.1) is 27.7 Å². The fourth-order valence-electron chi connectivity index (χ4n) is 2.67. The summed E-state index contributed by atoms with van der Waals surface area (Å²) < 4.78 is 1.52. The fraction of sp³-hybridized carbons (Fsp3) is 0.0526. The predicted octanol–water partition coefficient (Wildman–Crippen LogP) is 4.80. The van der Waals surface area contributed by atoms with E-state index < -0.39 is 0 Å². The van der Waals surface area contributed by atoms with Crippen molar-refractivity contribution in [2.75, 3.05) is 11.1 Å². The molecule has 0 fully saturated rings. The summed E-state index contributed by atoms with van der Waals surface area (Å²) in [5.74, 6) is -0.260. The summed E-state index contributed by atoms with van der Waals surface area (Å²) in [5.41, 5.74) is 1.21. The van der Waals surface area contributed by atoms with Crippen LogP contribution in [0.2, 0.25) is 15.1 Å². The average Bonchev–Trinajstić information content (AvgIpc) is 3.14. The maximum absolute atomic E-state index is 12.4. The predicted molar refractivity (Wildman–Crippen MR) is 120 cm³/mol. The SMILES string of the molecule is O=C(CSc1nc2c(cnn2-c2cccc(Cl)c2)c(=O)[nH]1)Nc1ccc(Cl)c(Cl)c1. The van der Waals surface area contributed by atoms with Gasteiger partial charge in [-0.25, -0.2) is 9.67 Å². The molecule has 2 N–H and O–H groups in total. The summed E-state index contributed by atoms with van der Waals surface area (Å²) in [4.78, 5) is 31.8. The molecule has 0 bridgehead atoms. The second-order valence-corrected chi connectivity index (χ2v) is 8.33. The molecule has 1 amide bonds. The molecule has 0 radical (unpaired) electrons. The van der Waals surface area contributed by atoms with E-state index in [-0.39, 0.29) is 17.2 Å². The van der Waals surface area contributed by atoms with Gasteiger partial charge in [-0.1, -0.05) is 52.6 Å². The zero-order valence-electron chi connectivity index (χ0n) is 15.0. The number of nitrogens with one attached hydrogen (secondary N) is 2. The van der Waals surface area contributed by atoms with Crippen molar-refractivity contribution in [3.05, 3.63) is 74.1 Å². The monoisotopic (exact) mass is 479 g/mol. The number of benzene rings is 2. The quantitative estimate of drug-likeness (QED) is 0.316. The molecule has 152 valence electrons. The molecule has 0 atom stereocenters. The molecule has 2 aromatic heterocycles. The molecule has 2 heterocycles. The number of hydrogen-bond acceptors (Lipinski definition) is 5. The second kappa shape index (κ2) is 8.69. The number of amides is 1. The maximum atomic E-state index is 12.4. The molecule has 0 aliphatic carbocycles. The van der Waals surface area contributed by atoms with Crippen molar-refractivity contribution in [3.8, 4) is 5.69 Å². The Morgan fingerprint density at radius 2 is 1.97 bits per heavy atom. The number of fused-ring (bicyclic) bond motifs is 1. The van der Waals surface area contributed by atoms with Gasteiger partial charge >= 0.3 is 0 Å². The van der Waals surface area contributed by atoms with Crippen molar-refractivity contribution < 1.29 is 4.79 Å². The summed E-state index contributed by atoms with van der Waals surface area (Å²) in [5, 5.41) is 8.86. The van der Waals surface area contributed by atoms with Gasteiger partial charge in [0.2, 0.25) is 5.91 Å². The van der Waals surface area contributed by atoms with Crippen LogP contribution in [0.3, 0.4) is 0 Å². The van der Waals surface area contributed by atoms with Gasteiger partial charge in [-0.2, -0.15) is 5.10 Å². The molecular formula is C19H12Cl3N5O2S. The lowest BCUT2D eigenvalue weighted by molar-refractivity contribution is -0.113. The van der Waals surface area contributed by atoms with E-state index in [4.69, 9.17) is 34.8 Å². The third kappa shape index (κ3) is 4.46. The average molecular weight is 481 g/mol. The number of rotatable bonds is 5. The molecule has 0 saturated carbocycles. The fourth-order valence-corrected chi connectivity index (χ4v) is 3.81. The van der Waals surface area contributed by atoms with Gasteiger partial charge in [0.1, 0.15) is 5.39 Å². The molecule has 0 aliphatic rings. The van der Waals surface area contributed by atoms with Crippen LogP contribution in [0.1, 0.15) is 0 Å². The maximum Gasteiger partial charge on any atom is 0.262 e. The highest BCUT2D eigenvalue weighted by Gasteiger charge is 2.13. The van der Waals surface area contributed by atoms with Gasteiger partial charge in [0.25, 0.3) is 5.56 Å². The minimum absolute atomic E-state index is 0.0278. The van der Waals surface area contributed by atoms with Crippen LogP contribution in [0.4, 0.5) is 5.69 Å². The molecule has 4 rings (SSSR count). The summed E-state index contributed by atoms with van der Waals surface area (Å²) in [6.45, 7) is 0.